The van der Waals surface area contributed by atoms with Crippen LogP contribution in [0.3, 0.4) is 0 Å². The fraction of sp³-hybridized carbons (Fsp3) is 0.500. The highest BCUT2D eigenvalue weighted by Gasteiger charge is 2.31. The highest BCUT2D eigenvalue weighted by atomic mass is 35.5. The molecule has 32 heavy (non-hydrogen) atoms. The smallest absolute Gasteiger partial charge is 0.289 e. The van der Waals surface area contributed by atoms with E-state index in [1.165, 1.54) is 16.4 Å². The number of rotatable bonds is 6. The molecule has 3 heterocycles. The molecule has 0 spiro atoms. The summed E-state index contributed by atoms with van der Waals surface area (Å²) < 4.78 is 37.9. The summed E-state index contributed by atoms with van der Waals surface area (Å²) in [7, 11) is -2.06. The van der Waals surface area contributed by atoms with E-state index in [9.17, 15) is 13.2 Å². The molecule has 1 amide bonds. The first kappa shape index (κ1) is 23.1. The monoisotopic (exact) mass is 481 g/mol. The van der Waals surface area contributed by atoms with Gasteiger partial charge in [0, 0.05) is 56.4 Å². The van der Waals surface area contributed by atoms with Crippen LogP contribution >= 0.6 is 11.6 Å². The van der Waals surface area contributed by atoms with Crippen LogP contribution in [0.2, 0.25) is 5.02 Å². The first-order chi connectivity index (χ1) is 15.4. The number of hydrogen-bond acceptors (Lipinski definition) is 6. The zero-order valence-electron chi connectivity index (χ0n) is 18.1. The topological polar surface area (TPSA) is 83.3 Å². The largest absolute Gasteiger partial charge is 0.496 e. The number of amides is 1. The predicted molar refractivity (Wildman–Crippen MR) is 121 cm³/mol. The molecule has 0 N–H and O–H groups in total. The van der Waals surface area contributed by atoms with E-state index in [1.54, 1.807) is 18.1 Å². The molecule has 2 saturated heterocycles. The minimum Gasteiger partial charge on any atom is -0.496 e. The Balaban J connectivity index is 1.36. The van der Waals surface area contributed by atoms with Crippen molar-refractivity contribution in [2.75, 3.05) is 46.4 Å². The van der Waals surface area contributed by atoms with Gasteiger partial charge in [0.2, 0.25) is 5.09 Å². The Morgan fingerprint density at radius 2 is 1.75 bits per heavy atom. The molecule has 8 nitrogen and oxygen atoms in total. The highest BCUT2D eigenvalue weighted by Crippen LogP contribution is 2.26. The van der Waals surface area contributed by atoms with Crippen LogP contribution in [0, 0.1) is 0 Å². The Kier molecular flexibility index (Phi) is 7.09. The van der Waals surface area contributed by atoms with Crippen LogP contribution in [-0.4, -0.2) is 74.8 Å². The summed E-state index contributed by atoms with van der Waals surface area (Å²) in [5.74, 6) is 0.557. The van der Waals surface area contributed by atoms with E-state index in [-0.39, 0.29) is 16.8 Å². The number of halogens is 1. The molecular weight excluding hydrogens is 454 g/mol. The standard InChI is InChI=1S/C22H28ClN3O5S/c1-30-19-6-5-18(23)15-17(19)16-24-11-13-25(14-12-24)22(27)20-7-8-21(31-20)32(28,29)26-9-3-2-4-10-26/h5-8,15H,2-4,9-14,16H2,1H3. The molecule has 2 aromatic rings. The Hall–Kier alpha value is -2.07. The minimum atomic E-state index is -3.69. The van der Waals surface area contributed by atoms with Crippen LogP contribution in [-0.2, 0) is 16.6 Å². The van der Waals surface area contributed by atoms with Gasteiger partial charge < -0.3 is 14.1 Å². The lowest BCUT2D eigenvalue weighted by Gasteiger charge is -2.34. The lowest BCUT2D eigenvalue weighted by atomic mass is 10.1. The second-order valence-electron chi connectivity index (χ2n) is 8.11. The number of hydrogen-bond donors (Lipinski definition) is 0. The van der Waals surface area contributed by atoms with Crippen molar-refractivity contribution in [1.82, 2.24) is 14.1 Å². The zero-order valence-corrected chi connectivity index (χ0v) is 19.7. The van der Waals surface area contributed by atoms with Crippen LogP contribution in [0.25, 0.3) is 0 Å². The van der Waals surface area contributed by atoms with Crippen molar-refractivity contribution in [3.63, 3.8) is 0 Å². The number of furan rings is 1. The number of piperidine rings is 1. The van der Waals surface area contributed by atoms with E-state index >= 15 is 0 Å². The van der Waals surface area contributed by atoms with E-state index in [1.807, 2.05) is 12.1 Å². The number of ether oxygens (including phenoxy) is 1. The lowest BCUT2D eigenvalue weighted by molar-refractivity contribution is 0.0591. The van der Waals surface area contributed by atoms with Crippen molar-refractivity contribution in [2.45, 2.75) is 30.9 Å². The van der Waals surface area contributed by atoms with Crippen LogP contribution < -0.4 is 4.74 Å². The molecule has 4 rings (SSSR count). The number of nitrogens with zero attached hydrogens (tertiary/aromatic N) is 3. The van der Waals surface area contributed by atoms with Crippen molar-refractivity contribution < 1.29 is 22.4 Å². The van der Waals surface area contributed by atoms with Gasteiger partial charge >= 0.3 is 0 Å². The maximum absolute atomic E-state index is 12.9. The molecule has 0 unspecified atom stereocenters. The van der Waals surface area contributed by atoms with Gasteiger partial charge in [0.1, 0.15) is 5.75 Å². The van der Waals surface area contributed by atoms with Gasteiger partial charge in [0.05, 0.1) is 7.11 Å². The number of carbonyl (C=O) groups is 1. The normalized spacial score (nSPS) is 18.6. The third kappa shape index (κ3) is 4.96. The van der Waals surface area contributed by atoms with E-state index in [4.69, 9.17) is 20.8 Å². The molecule has 0 atom stereocenters. The minimum absolute atomic E-state index is 0.0607. The Morgan fingerprint density at radius 1 is 1.03 bits per heavy atom. The first-order valence-corrected chi connectivity index (χ1v) is 12.6. The quantitative estimate of drug-likeness (QED) is 0.630. The molecule has 1 aromatic carbocycles. The Labute approximate surface area is 193 Å². The molecule has 1 aromatic heterocycles. The summed E-state index contributed by atoms with van der Waals surface area (Å²) in [6.07, 6.45) is 2.72. The fourth-order valence-corrected chi connectivity index (χ4v) is 5.81. The average molecular weight is 482 g/mol. The van der Waals surface area contributed by atoms with Crippen LogP contribution in [0.5, 0.6) is 5.75 Å². The third-order valence-electron chi connectivity index (χ3n) is 6.00. The third-order valence-corrected chi connectivity index (χ3v) is 8.01. The van der Waals surface area contributed by atoms with Crippen LogP contribution in [0.1, 0.15) is 35.4 Å². The molecule has 174 valence electrons. The van der Waals surface area contributed by atoms with E-state index in [2.05, 4.69) is 4.90 Å². The zero-order chi connectivity index (χ0) is 22.7. The lowest BCUT2D eigenvalue weighted by Crippen LogP contribution is -2.48. The molecule has 2 aliphatic rings. The van der Waals surface area contributed by atoms with Crippen molar-refractivity contribution >= 4 is 27.5 Å². The Bertz CT molecular complexity index is 1060. The summed E-state index contributed by atoms with van der Waals surface area (Å²) in [4.78, 5) is 16.8. The van der Waals surface area contributed by atoms with E-state index in [0.717, 1.165) is 30.6 Å². The molecule has 0 saturated carbocycles. The number of piperazine rings is 1. The SMILES string of the molecule is COc1ccc(Cl)cc1CN1CCN(C(=O)c2ccc(S(=O)(=O)N3CCCCC3)o2)CC1. The molecule has 0 aliphatic carbocycles. The summed E-state index contributed by atoms with van der Waals surface area (Å²) in [6, 6.07) is 8.39. The Morgan fingerprint density at radius 3 is 2.44 bits per heavy atom. The van der Waals surface area contributed by atoms with Crippen LogP contribution in [0.15, 0.2) is 39.8 Å². The second kappa shape index (κ2) is 9.82. The molecular formula is C22H28ClN3O5S. The molecule has 10 heteroatoms. The van der Waals surface area contributed by atoms with Gasteiger partial charge in [-0.25, -0.2) is 8.42 Å². The highest BCUT2D eigenvalue weighted by molar-refractivity contribution is 7.89. The van der Waals surface area contributed by atoms with Gasteiger partial charge in [-0.1, -0.05) is 18.0 Å². The summed E-state index contributed by atoms with van der Waals surface area (Å²) in [6.45, 7) is 4.07. The van der Waals surface area contributed by atoms with Gasteiger partial charge in [0.25, 0.3) is 15.9 Å². The van der Waals surface area contributed by atoms with Gasteiger partial charge in [-0.15, -0.1) is 0 Å². The summed E-state index contributed by atoms with van der Waals surface area (Å²) in [5, 5.41) is 0.497. The number of methoxy groups -OCH3 is 1. The fourth-order valence-electron chi connectivity index (χ4n) is 4.18. The van der Waals surface area contributed by atoms with Crippen molar-refractivity contribution in [3.05, 3.63) is 46.7 Å². The van der Waals surface area contributed by atoms with Gasteiger partial charge in [-0.05, 0) is 43.2 Å². The number of benzene rings is 1. The molecule has 2 fully saturated rings. The summed E-state index contributed by atoms with van der Waals surface area (Å²) in [5.41, 5.74) is 0.998. The van der Waals surface area contributed by atoms with Crippen molar-refractivity contribution in [3.8, 4) is 5.75 Å². The van der Waals surface area contributed by atoms with Crippen molar-refractivity contribution in [2.24, 2.45) is 0 Å². The number of sulfonamides is 1. The second-order valence-corrected chi connectivity index (χ2v) is 10.4. The maximum atomic E-state index is 12.9. The van der Waals surface area contributed by atoms with Gasteiger partial charge in [0.15, 0.2) is 5.76 Å². The summed E-state index contributed by atoms with van der Waals surface area (Å²) >= 11 is 6.12. The van der Waals surface area contributed by atoms with E-state index in [0.29, 0.717) is 50.8 Å². The maximum Gasteiger partial charge on any atom is 0.289 e. The molecule has 0 radical (unpaired) electrons. The van der Waals surface area contributed by atoms with Gasteiger partial charge in [-0.3, -0.25) is 9.69 Å². The van der Waals surface area contributed by atoms with E-state index < -0.39 is 10.0 Å². The first-order valence-electron chi connectivity index (χ1n) is 10.8. The van der Waals surface area contributed by atoms with Gasteiger partial charge in [-0.2, -0.15) is 4.31 Å². The predicted octanol–water partition coefficient (Wildman–Crippen LogP) is 3.07. The molecule has 2 aliphatic heterocycles. The average Bonchev–Trinajstić information content (AvgIpc) is 3.31. The van der Waals surface area contributed by atoms with Crippen LogP contribution in [0.4, 0.5) is 0 Å². The number of carbonyl (C=O) groups excluding carboxylic acids is 1. The molecule has 0 bridgehead atoms. The van der Waals surface area contributed by atoms with Crippen molar-refractivity contribution in [1.29, 1.82) is 0 Å².